The van der Waals surface area contributed by atoms with Gasteiger partial charge in [-0.05, 0) is 12.1 Å². The van der Waals surface area contributed by atoms with Crippen LogP contribution in [0.1, 0.15) is 10.4 Å². The highest BCUT2D eigenvalue weighted by Crippen LogP contribution is 2.32. The molecule has 1 rings (SSSR count). The van der Waals surface area contributed by atoms with Gasteiger partial charge in [0.05, 0.1) is 12.9 Å². The number of nitrogens with zero attached hydrogens (tertiary/aromatic N) is 3. The zero-order valence-electron chi connectivity index (χ0n) is 13.3. The lowest BCUT2D eigenvalue weighted by atomic mass is 10.2. The Bertz CT molecular complexity index is 618. The Labute approximate surface area is 139 Å². The molecule has 9 nitrogen and oxygen atoms in total. The molecule has 24 heavy (non-hydrogen) atoms. The molecule has 0 amide bonds. The van der Waals surface area contributed by atoms with Gasteiger partial charge in [0.15, 0.2) is 5.75 Å². The van der Waals surface area contributed by atoms with Crippen molar-refractivity contribution in [2.45, 2.75) is 0 Å². The molecule has 0 saturated carbocycles. The monoisotopic (exact) mass is 333 g/mol. The third-order valence-electron chi connectivity index (χ3n) is 2.74. The SMILES string of the molecule is C=NOc1cccc(C(=O)OCC=NC=N)c1OCCN(C)C=N. The maximum atomic E-state index is 12.2. The lowest BCUT2D eigenvalue weighted by molar-refractivity contribution is 0.0561. The second-order valence-corrected chi connectivity index (χ2v) is 4.37. The summed E-state index contributed by atoms with van der Waals surface area (Å²) < 4.78 is 10.6. The number of nitrogens with one attached hydrogen (secondary N) is 2. The number of likely N-dealkylation sites (N-methyl/N-ethyl adjacent to an activating group) is 1. The van der Waals surface area contributed by atoms with E-state index >= 15 is 0 Å². The summed E-state index contributed by atoms with van der Waals surface area (Å²) in [5, 5.41) is 17.2. The van der Waals surface area contributed by atoms with Gasteiger partial charge in [0.2, 0.25) is 5.75 Å². The van der Waals surface area contributed by atoms with E-state index in [-0.39, 0.29) is 30.3 Å². The molecule has 0 atom stereocenters. The molecule has 0 spiro atoms. The Balaban J connectivity index is 2.91. The van der Waals surface area contributed by atoms with Crippen molar-refractivity contribution < 1.29 is 19.1 Å². The summed E-state index contributed by atoms with van der Waals surface area (Å²) in [5.74, 6) is -0.223. The minimum Gasteiger partial charge on any atom is -0.487 e. The zero-order chi connectivity index (χ0) is 17.8. The van der Waals surface area contributed by atoms with E-state index < -0.39 is 5.97 Å². The molecule has 0 heterocycles. The highest BCUT2D eigenvalue weighted by Gasteiger charge is 2.19. The van der Waals surface area contributed by atoms with Crippen LogP contribution in [0.25, 0.3) is 0 Å². The van der Waals surface area contributed by atoms with E-state index in [9.17, 15) is 4.79 Å². The molecule has 0 fully saturated rings. The molecule has 0 unspecified atom stereocenters. The van der Waals surface area contributed by atoms with Gasteiger partial charge < -0.3 is 19.2 Å². The van der Waals surface area contributed by atoms with Crippen molar-refractivity contribution in [3.05, 3.63) is 23.8 Å². The summed E-state index contributed by atoms with van der Waals surface area (Å²) in [7, 11) is 1.72. The first-order chi connectivity index (χ1) is 11.6. The number of carbonyl (C=O) groups is 1. The molecule has 2 N–H and O–H groups in total. The minimum atomic E-state index is -0.628. The van der Waals surface area contributed by atoms with Crippen LogP contribution in [-0.2, 0) is 4.74 Å². The fourth-order valence-corrected chi connectivity index (χ4v) is 1.61. The summed E-state index contributed by atoms with van der Waals surface area (Å²) in [4.78, 5) is 22.3. The average Bonchev–Trinajstić information content (AvgIpc) is 2.59. The molecule has 0 aliphatic heterocycles. The smallest absolute Gasteiger partial charge is 0.342 e. The summed E-state index contributed by atoms with van der Waals surface area (Å²) in [6, 6.07) is 4.71. The van der Waals surface area contributed by atoms with E-state index in [4.69, 9.17) is 25.1 Å². The van der Waals surface area contributed by atoms with E-state index in [0.29, 0.717) is 6.54 Å². The van der Waals surface area contributed by atoms with Crippen molar-refractivity contribution in [1.29, 1.82) is 10.8 Å². The summed E-state index contributed by atoms with van der Waals surface area (Å²) in [5.41, 5.74) is 0.164. The Morgan fingerprint density at radius 3 is 2.88 bits per heavy atom. The molecule has 128 valence electrons. The molecule has 0 radical (unpaired) electrons. The fourth-order valence-electron chi connectivity index (χ4n) is 1.61. The number of aliphatic imine (C=N–C) groups is 1. The molecule has 0 saturated heterocycles. The van der Waals surface area contributed by atoms with Gasteiger partial charge in [-0.25, -0.2) is 9.79 Å². The van der Waals surface area contributed by atoms with Crippen LogP contribution in [0.15, 0.2) is 28.3 Å². The number of benzene rings is 1. The molecule has 9 heteroatoms. The van der Waals surface area contributed by atoms with Gasteiger partial charge in [-0.3, -0.25) is 10.8 Å². The van der Waals surface area contributed by atoms with Crippen LogP contribution in [0.3, 0.4) is 0 Å². The number of para-hydroxylation sites is 1. The van der Waals surface area contributed by atoms with Gasteiger partial charge >= 0.3 is 5.97 Å². The van der Waals surface area contributed by atoms with Gasteiger partial charge in [-0.15, -0.1) is 0 Å². The maximum absolute atomic E-state index is 12.2. The Morgan fingerprint density at radius 1 is 1.42 bits per heavy atom. The minimum absolute atomic E-state index is 0.0744. The molecule has 0 aromatic heterocycles. The van der Waals surface area contributed by atoms with Crippen molar-refractivity contribution >= 4 is 31.6 Å². The van der Waals surface area contributed by atoms with E-state index in [2.05, 4.69) is 16.9 Å². The Hall–Kier alpha value is -3.23. The molecule has 0 aliphatic rings. The van der Waals surface area contributed by atoms with E-state index in [1.165, 1.54) is 12.3 Å². The molecular formula is C15H19N5O4. The summed E-state index contributed by atoms with van der Waals surface area (Å²) >= 11 is 0. The second kappa shape index (κ2) is 10.5. The van der Waals surface area contributed by atoms with Crippen molar-refractivity contribution in [2.75, 3.05) is 26.8 Å². The number of hydrogen-bond acceptors (Lipinski definition) is 7. The summed E-state index contributed by atoms with van der Waals surface area (Å²) in [6.45, 7) is 3.83. The number of hydrogen-bond donors (Lipinski definition) is 2. The van der Waals surface area contributed by atoms with Crippen LogP contribution in [0.5, 0.6) is 11.5 Å². The first kappa shape index (κ1) is 18.8. The highest BCUT2D eigenvalue weighted by atomic mass is 16.6. The van der Waals surface area contributed by atoms with Crippen molar-refractivity contribution in [1.82, 2.24) is 4.90 Å². The molecular weight excluding hydrogens is 314 g/mol. The van der Waals surface area contributed by atoms with Crippen LogP contribution in [0.2, 0.25) is 0 Å². The van der Waals surface area contributed by atoms with Crippen molar-refractivity contribution in [3.63, 3.8) is 0 Å². The molecule has 0 aliphatic carbocycles. The zero-order valence-corrected chi connectivity index (χ0v) is 13.3. The first-order valence-corrected chi connectivity index (χ1v) is 6.91. The number of esters is 1. The molecule has 0 bridgehead atoms. The van der Waals surface area contributed by atoms with E-state index in [1.54, 1.807) is 24.1 Å². The fraction of sp³-hybridized carbons (Fsp3) is 0.267. The van der Waals surface area contributed by atoms with Gasteiger partial charge in [-0.1, -0.05) is 11.2 Å². The van der Waals surface area contributed by atoms with Gasteiger partial charge in [0.1, 0.15) is 25.1 Å². The third-order valence-corrected chi connectivity index (χ3v) is 2.74. The largest absolute Gasteiger partial charge is 0.487 e. The van der Waals surface area contributed by atoms with Crippen LogP contribution in [0.4, 0.5) is 0 Å². The Kier molecular flexibility index (Phi) is 8.22. The molecule has 1 aromatic rings. The molecule has 1 aromatic carbocycles. The van der Waals surface area contributed by atoms with Gasteiger partial charge in [0, 0.05) is 20.0 Å². The quantitative estimate of drug-likeness (QED) is 0.275. The number of ether oxygens (including phenoxy) is 2. The van der Waals surface area contributed by atoms with Crippen LogP contribution in [-0.4, -0.2) is 63.3 Å². The van der Waals surface area contributed by atoms with Crippen LogP contribution in [0, 0.1) is 10.8 Å². The predicted octanol–water partition coefficient (Wildman–Crippen LogP) is 1.43. The lowest BCUT2D eigenvalue weighted by Crippen LogP contribution is -2.23. The van der Waals surface area contributed by atoms with Crippen molar-refractivity contribution in [3.8, 4) is 11.5 Å². The van der Waals surface area contributed by atoms with Gasteiger partial charge in [-0.2, -0.15) is 0 Å². The van der Waals surface area contributed by atoms with Crippen LogP contribution < -0.4 is 9.57 Å². The second-order valence-electron chi connectivity index (χ2n) is 4.37. The number of rotatable bonds is 11. The number of carbonyl (C=O) groups excluding carboxylic acids is 1. The van der Waals surface area contributed by atoms with E-state index in [1.807, 2.05) is 0 Å². The average molecular weight is 333 g/mol. The maximum Gasteiger partial charge on any atom is 0.342 e. The van der Waals surface area contributed by atoms with Crippen LogP contribution >= 0.6 is 0 Å². The summed E-state index contributed by atoms with van der Waals surface area (Å²) in [6.07, 6.45) is 3.29. The normalized spacial score (nSPS) is 10.0. The highest BCUT2D eigenvalue weighted by molar-refractivity contribution is 5.94. The van der Waals surface area contributed by atoms with Crippen molar-refractivity contribution in [2.24, 2.45) is 10.1 Å². The Morgan fingerprint density at radius 2 is 2.21 bits per heavy atom. The predicted molar refractivity (Wildman–Crippen MR) is 91.1 cm³/mol. The van der Waals surface area contributed by atoms with Gasteiger partial charge in [0.25, 0.3) is 0 Å². The third kappa shape index (κ3) is 5.87. The topological polar surface area (TPSA) is 120 Å². The standard InChI is InChI=1S/C15H19N5O4/c1-18-24-13-5-3-4-12(15(21)23-8-6-19-10-16)14(13)22-9-7-20(2)11-17/h3-6,10-11,16-17H,1,7-9H2,2H3. The lowest BCUT2D eigenvalue weighted by Gasteiger charge is -2.16. The van der Waals surface area contributed by atoms with E-state index in [0.717, 1.165) is 12.7 Å². The number of oxime groups is 1. The first-order valence-electron chi connectivity index (χ1n) is 6.91.